The van der Waals surface area contributed by atoms with Gasteiger partial charge in [-0.2, -0.15) is 0 Å². The van der Waals surface area contributed by atoms with E-state index in [0.717, 1.165) is 12.8 Å². The second-order valence-corrected chi connectivity index (χ2v) is 14.8. The van der Waals surface area contributed by atoms with Crippen LogP contribution in [0.5, 0.6) is 0 Å². The molecular formula is C24H20Br4N2O4. The van der Waals surface area contributed by atoms with Crippen molar-refractivity contribution < 1.29 is 19.2 Å². The van der Waals surface area contributed by atoms with Gasteiger partial charge in [-0.3, -0.25) is 19.2 Å². The van der Waals surface area contributed by atoms with E-state index in [-0.39, 0.29) is 90.3 Å². The van der Waals surface area contributed by atoms with Crippen LogP contribution in [0, 0.1) is 47.3 Å². The summed E-state index contributed by atoms with van der Waals surface area (Å²) in [5.41, 5.74) is 0.881. The molecule has 0 unspecified atom stereocenters. The standard InChI is InChI=1S/C24H20Br4N2O4/c25-17-9-5-10(18(17)26)14-13(9)21(31)29(22(14)32)7-2-1-3-8(4-7)30-23(33)15-11-6-12(16(15)24(30)34)20(28)19(11)27/h1-4,9-20H,5-6H2/t9-,10-,11-,12-,13-,14+,15-,16+,17-,18+,19-,20+/m1/s1. The van der Waals surface area contributed by atoms with Crippen molar-refractivity contribution in [1.29, 1.82) is 0 Å². The number of fused-ring (bicyclic) bond motifs is 10. The Kier molecular flexibility index (Phi) is 4.97. The third-order valence-corrected chi connectivity index (χ3v) is 15.7. The molecule has 4 aliphatic carbocycles. The van der Waals surface area contributed by atoms with E-state index >= 15 is 0 Å². The largest absolute Gasteiger partial charge is 0.274 e. The summed E-state index contributed by atoms with van der Waals surface area (Å²) in [5, 5.41) is 0. The molecule has 4 bridgehead atoms. The molecule has 6 aliphatic rings. The summed E-state index contributed by atoms with van der Waals surface area (Å²) in [5.74, 6) is -1.36. The van der Waals surface area contributed by atoms with E-state index in [2.05, 4.69) is 63.7 Å². The summed E-state index contributed by atoms with van der Waals surface area (Å²) in [7, 11) is 0. The van der Waals surface area contributed by atoms with Crippen LogP contribution in [-0.2, 0) is 19.2 Å². The number of hydrogen-bond donors (Lipinski definition) is 0. The van der Waals surface area contributed by atoms with Crippen LogP contribution in [0.25, 0.3) is 0 Å². The highest BCUT2D eigenvalue weighted by atomic mass is 79.9. The number of carbonyl (C=O) groups excluding carboxylic acids is 4. The fourth-order valence-corrected chi connectivity index (χ4v) is 11.7. The third-order valence-electron chi connectivity index (χ3n) is 9.32. The van der Waals surface area contributed by atoms with Crippen LogP contribution < -0.4 is 9.80 Å². The monoisotopic (exact) mass is 716 g/mol. The van der Waals surface area contributed by atoms with E-state index in [0.29, 0.717) is 11.4 Å². The van der Waals surface area contributed by atoms with Gasteiger partial charge >= 0.3 is 0 Å². The lowest BCUT2D eigenvalue weighted by atomic mass is 9.81. The van der Waals surface area contributed by atoms with E-state index < -0.39 is 0 Å². The highest BCUT2D eigenvalue weighted by Gasteiger charge is 2.68. The summed E-state index contributed by atoms with van der Waals surface area (Å²) >= 11 is 14.9. The lowest BCUT2D eigenvalue weighted by Gasteiger charge is -2.28. The van der Waals surface area contributed by atoms with E-state index in [4.69, 9.17) is 0 Å². The lowest BCUT2D eigenvalue weighted by molar-refractivity contribution is -0.124. The van der Waals surface area contributed by atoms with Crippen LogP contribution in [0.1, 0.15) is 12.8 Å². The molecule has 7 rings (SSSR count). The Morgan fingerprint density at radius 2 is 0.853 bits per heavy atom. The van der Waals surface area contributed by atoms with Crippen molar-refractivity contribution in [2.24, 2.45) is 47.3 Å². The zero-order valence-electron chi connectivity index (χ0n) is 17.7. The molecule has 2 aliphatic heterocycles. The molecule has 0 spiro atoms. The molecule has 0 aromatic heterocycles. The van der Waals surface area contributed by atoms with Crippen LogP contribution in [-0.4, -0.2) is 42.9 Å². The van der Waals surface area contributed by atoms with Gasteiger partial charge in [0.15, 0.2) is 0 Å². The first-order valence-electron chi connectivity index (χ1n) is 11.6. The molecule has 0 N–H and O–H groups in total. The van der Waals surface area contributed by atoms with Crippen molar-refractivity contribution in [3.63, 3.8) is 0 Å². The van der Waals surface area contributed by atoms with E-state index in [1.807, 2.05) is 0 Å². The number of imide groups is 2. The summed E-state index contributed by atoms with van der Waals surface area (Å²) < 4.78 is 0. The Morgan fingerprint density at radius 3 is 1.15 bits per heavy atom. The minimum Gasteiger partial charge on any atom is -0.274 e. The smallest absolute Gasteiger partial charge is 0.238 e. The average Bonchev–Trinajstić information content (AvgIpc) is 3.61. The van der Waals surface area contributed by atoms with Crippen molar-refractivity contribution in [2.75, 3.05) is 9.80 Å². The maximum atomic E-state index is 13.4. The van der Waals surface area contributed by atoms with Crippen LogP contribution in [0.3, 0.4) is 0 Å². The lowest BCUT2D eigenvalue weighted by Crippen LogP contribution is -2.37. The number of nitrogens with zero attached hydrogens (tertiary/aromatic N) is 2. The van der Waals surface area contributed by atoms with Crippen LogP contribution in [0.15, 0.2) is 24.3 Å². The number of carbonyl (C=O) groups is 4. The number of hydrogen-bond acceptors (Lipinski definition) is 4. The first-order valence-corrected chi connectivity index (χ1v) is 15.3. The van der Waals surface area contributed by atoms with Crippen molar-refractivity contribution in [3.8, 4) is 0 Å². The van der Waals surface area contributed by atoms with Gasteiger partial charge in [0.1, 0.15) is 0 Å². The summed E-state index contributed by atoms with van der Waals surface area (Å²) in [4.78, 5) is 57.0. The van der Waals surface area contributed by atoms with Crippen molar-refractivity contribution in [1.82, 2.24) is 0 Å². The summed E-state index contributed by atoms with van der Waals surface area (Å²) in [6, 6.07) is 6.82. The predicted octanol–water partition coefficient (Wildman–Crippen LogP) is 4.25. The van der Waals surface area contributed by atoms with Crippen LogP contribution >= 0.6 is 63.7 Å². The number of alkyl halides is 4. The Labute approximate surface area is 230 Å². The van der Waals surface area contributed by atoms with Gasteiger partial charge in [0.2, 0.25) is 23.6 Å². The molecule has 0 radical (unpaired) electrons. The highest BCUT2D eigenvalue weighted by Crippen LogP contribution is 2.62. The zero-order chi connectivity index (χ0) is 23.8. The predicted molar refractivity (Wildman–Crippen MR) is 139 cm³/mol. The SMILES string of the molecule is O=C1[C@@H]2[C@H]3C[C@@H]([C@H](Br)[C@@H]3Br)[C@@H]2C(=O)N1c1cccc(N2C(=O)[C@@H]3[C@H]4C[C@@H]([C@H](Br)[C@@H]4Br)[C@@H]3C2=O)c1. The molecular weight excluding hydrogens is 700 g/mol. The number of anilines is 2. The fraction of sp³-hybridized carbons (Fsp3) is 0.583. The zero-order valence-corrected chi connectivity index (χ0v) is 24.0. The van der Waals surface area contributed by atoms with Gasteiger partial charge in [-0.25, -0.2) is 9.80 Å². The second-order valence-electron chi connectivity index (χ2n) is 10.6. The van der Waals surface area contributed by atoms with Gasteiger partial charge in [-0.05, 0) is 54.7 Å². The van der Waals surface area contributed by atoms with Crippen LogP contribution in [0.2, 0.25) is 0 Å². The van der Waals surface area contributed by atoms with E-state index in [9.17, 15) is 19.2 Å². The van der Waals surface area contributed by atoms with Crippen molar-refractivity contribution >= 4 is 98.7 Å². The van der Waals surface area contributed by atoms with Gasteiger partial charge in [0, 0.05) is 19.3 Å². The quantitative estimate of drug-likeness (QED) is 0.339. The Hall–Kier alpha value is -0.580. The second kappa shape index (κ2) is 7.48. The maximum absolute atomic E-state index is 13.4. The highest BCUT2D eigenvalue weighted by molar-refractivity contribution is 9.12. The van der Waals surface area contributed by atoms with Crippen LogP contribution in [0.4, 0.5) is 11.4 Å². The van der Waals surface area contributed by atoms with E-state index in [1.54, 1.807) is 24.3 Å². The minimum atomic E-state index is -0.309. The number of rotatable bonds is 2. The molecule has 6 nitrogen and oxygen atoms in total. The van der Waals surface area contributed by atoms with Crippen molar-refractivity contribution in [2.45, 2.75) is 32.2 Å². The molecule has 1 aromatic carbocycles. The molecule has 34 heavy (non-hydrogen) atoms. The molecule has 10 heteroatoms. The molecule has 4 saturated carbocycles. The molecule has 4 amide bonds. The van der Waals surface area contributed by atoms with Gasteiger partial charge in [-0.1, -0.05) is 69.8 Å². The molecule has 12 atom stereocenters. The Bertz CT molecular complexity index is 1030. The third kappa shape index (κ3) is 2.62. The number of halogens is 4. The first kappa shape index (κ1) is 22.6. The van der Waals surface area contributed by atoms with Crippen molar-refractivity contribution in [3.05, 3.63) is 24.3 Å². The summed E-state index contributed by atoms with van der Waals surface area (Å²) in [6.45, 7) is 0. The number of benzene rings is 1. The van der Waals surface area contributed by atoms with Gasteiger partial charge in [-0.15, -0.1) is 0 Å². The molecule has 2 saturated heterocycles. The van der Waals surface area contributed by atoms with Gasteiger partial charge in [0.25, 0.3) is 0 Å². The number of amides is 4. The maximum Gasteiger partial charge on any atom is 0.238 e. The minimum absolute atomic E-state index is 0.134. The molecule has 2 heterocycles. The fourth-order valence-electron chi connectivity index (χ4n) is 7.98. The van der Waals surface area contributed by atoms with Gasteiger partial charge in [0.05, 0.1) is 35.0 Å². The average molecular weight is 720 g/mol. The normalized spacial score (nSPS) is 48.5. The Morgan fingerprint density at radius 1 is 0.559 bits per heavy atom. The first-order chi connectivity index (χ1) is 16.2. The topological polar surface area (TPSA) is 74.8 Å². The van der Waals surface area contributed by atoms with E-state index in [1.165, 1.54) is 9.80 Å². The molecule has 178 valence electrons. The van der Waals surface area contributed by atoms with Gasteiger partial charge < -0.3 is 0 Å². The summed E-state index contributed by atoms with van der Waals surface area (Å²) in [6.07, 6.45) is 1.75. The Balaban J connectivity index is 1.22. The molecule has 6 fully saturated rings. The molecule has 1 aromatic rings.